The fourth-order valence-electron chi connectivity index (χ4n) is 3.84. The maximum atomic E-state index is 12.6. The van der Waals surface area contributed by atoms with E-state index in [-0.39, 0.29) is 25.7 Å². The summed E-state index contributed by atoms with van der Waals surface area (Å²) in [6, 6.07) is 16.1. The molecule has 9 heteroatoms. The molecule has 2 aromatic rings. The molecule has 1 aliphatic rings. The number of hydroxylamine groups is 1. The van der Waals surface area contributed by atoms with E-state index in [2.05, 4.69) is 22.9 Å². The van der Waals surface area contributed by atoms with Crippen molar-refractivity contribution in [2.75, 3.05) is 26.9 Å². The Morgan fingerprint density at radius 3 is 2.18 bits per heavy atom. The summed E-state index contributed by atoms with van der Waals surface area (Å²) in [4.78, 5) is 41.2. The molecule has 0 spiro atoms. The van der Waals surface area contributed by atoms with E-state index in [1.165, 1.54) is 7.11 Å². The number of carboxylic acids is 1. The number of alkyl carbamates (subject to hydrolysis) is 1. The van der Waals surface area contributed by atoms with Crippen LogP contribution in [0.3, 0.4) is 0 Å². The van der Waals surface area contributed by atoms with Crippen molar-refractivity contribution in [1.29, 1.82) is 0 Å². The molecule has 0 bridgehead atoms. The highest BCUT2D eigenvalue weighted by atomic mass is 16.7. The van der Waals surface area contributed by atoms with Crippen molar-refractivity contribution in [3.05, 3.63) is 59.7 Å². The zero-order chi connectivity index (χ0) is 24.7. The number of ether oxygens (including phenoxy) is 2. The Hall–Kier alpha value is -3.43. The normalized spacial score (nSPS) is 14.9. The van der Waals surface area contributed by atoms with Gasteiger partial charge in [0.05, 0.1) is 12.0 Å². The summed E-state index contributed by atoms with van der Waals surface area (Å²) in [6.45, 7) is 3.34. The molecule has 3 N–H and O–H groups in total. The third kappa shape index (κ3) is 5.55. The Bertz CT molecular complexity index is 996. The van der Waals surface area contributed by atoms with Gasteiger partial charge in [-0.05, 0) is 35.6 Å². The van der Waals surface area contributed by atoms with Crippen LogP contribution in [0.15, 0.2) is 48.5 Å². The van der Waals surface area contributed by atoms with Crippen LogP contribution in [-0.2, 0) is 23.9 Å². The number of aliphatic carboxylic acids is 1. The minimum absolute atomic E-state index is 0.0165. The molecular formula is C25H30N2O7. The maximum absolute atomic E-state index is 12.6. The lowest BCUT2D eigenvalue weighted by atomic mass is 9.87. The molecule has 2 atom stereocenters. The van der Waals surface area contributed by atoms with E-state index >= 15 is 0 Å². The topological polar surface area (TPSA) is 123 Å². The van der Waals surface area contributed by atoms with E-state index < -0.39 is 29.5 Å². The lowest BCUT2D eigenvalue weighted by molar-refractivity contribution is -0.168. The first-order valence-electron chi connectivity index (χ1n) is 11.1. The minimum Gasteiger partial charge on any atom is -0.479 e. The Morgan fingerprint density at radius 2 is 1.65 bits per heavy atom. The summed E-state index contributed by atoms with van der Waals surface area (Å²) in [5.41, 5.74) is 5.61. The molecule has 34 heavy (non-hydrogen) atoms. The number of carbonyl (C=O) groups is 3. The van der Waals surface area contributed by atoms with E-state index in [0.717, 1.165) is 22.3 Å². The number of fused-ring (bicyclic) bond motifs is 3. The Morgan fingerprint density at radius 1 is 1.06 bits per heavy atom. The van der Waals surface area contributed by atoms with E-state index in [1.807, 2.05) is 36.4 Å². The number of methoxy groups -OCH3 is 1. The molecule has 0 fully saturated rings. The summed E-state index contributed by atoms with van der Waals surface area (Å²) in [7, 11) is 1.33. The fraction of sp³-hybridized carbons (Fsp3) is 0.400. The number of hydrogen-bond donors (Lipinski definition) is 3. The number of carbonyl (C=O) groups excluding carboxylic acids is 2. The summed E-state index contributed by atoms with van der Waals surface area (Å²) in [6.07, 6.45) is -1.61. The first kappa shape index (κ1) is 25.2. The summed E-state index contributed by atoms with van der Waals surface area (Å²) < 4.78 is 10.3. The van der Waals surface area contributed by atoms with Crippen LogP contribution in [0.5, 0.6) is 0 Å². The van der Waals surface area contributed by atoms with Gasteiger partial charge in [0.25, 0.3) is 5.91 Å². The van der Waals surface area contributed by atoms with Gasteiger partial charge in [0, 0.05) is 19.6 Å². The molecule has 0 radical (unpaired) electrons. The molecule has 2 amide bonds. The molecule has 0 saturated heterocycles. The van der Waals surface area contributed by atoms with Gasteiger partial charge in [0.2, 0.25) is 6.10 Å². The molecule has 2 unspecified atom stereocenters. The highest BCUT2D eigenvalue weighted by molar-refractivity contribution is 5.83. The van der Waals surface area contributed by atoms with Gasteiger partial charge in [0.15, 0.2) is 0 Å². The molecule has 3 rings (SSSR count). The van der Waals surface area contributed by atoms with Gasteiger partial charge in [-0.3, -0.25) is 9.63 Å². The average Bonchev–Trinajstić information content (AvgIpc) is 3.17. The lowest BCUT2D eigenvalue weighted by Crippen LogP contribution is -2.48. The molecule has 0 aliphatic heterocycles. The van der Waals surface area contributed by atoms with Crippen LogP contribution in [0.4, 0.5) is 4.79 Å². The van der Waals surface area contributed by atoms with Gasteiger partial charge in [-0.1, -0.05) is 55.5 Å². The smallest absolute Gasteiger partial charge is 0.407 e. The molecule has 0 aromatic heterocycles. The second-order valence-corrected chi connectivity index (χ2v) is 8.42. The second-order valence-electron chi connectivity index (χ2n) is 8.42. The van der Waals surface area contributed by atoms with Crippen molar-refractivity contribution < 1.29 is 33.8 Å². The molecule has 0 saturated carbocycles. The van der Waals surface area contributed by atoms with E-state index in [0.29, 0.717) is 6.42 Å². The first-order valence-corrected chi connectivity index (χ1v) is 11.1. The van der Waals surface area contributed by atoms with Crippen LogP contribution >= 0.6 is 0 Å². The number of nitrogens with one attached hydrogen (secondary N) is 2. The minimum atomic E-state index is -1.34. The van der Waals surface area contributed by atoms with Crippen LogP contribution in [0.1, 0.15) is 37.3 Å². The lowest BCUT2D eigenvalue weighted by Gasteiger charge is -2.27. The van der Waals surface area contributed by atoms with Gasteiger partial charge in [-0.2, -0.15) is 0 Å². The number of rotatable bonds is 11. The third-order valence-corrected chi connectivity index (χ3v) is 6.18. The van der Waals surface area contributed by atoms with Gasteiger partial charge in [-0.15, -0.1) is 0 Å². The van der Waals surface area contributed by atoms with Crippen LogP contribution in [0, 0.1) is 5.41 Å². The van der Waals surface area contributed by atoms with Gasteiger partial charge in [0.1, 0.15) is 6.61 Å². The van der Waals surface area contributed by atoms with Crippen LogP contribution in [0.2, 0.25) is 0 Å². The molecule has 0 heterocycles. The van der Waals surface area contributed by atoms with Crippen molar-refractivity contribution >= 4 is 18.0 Å². The largest absolute Gasteiger partial charge is 0.479 e. The monoisotopic (exact) mass is 470 g/mol. The number of carboxylic acid groups (broad SMARTS) is 1. The predicted molar refractivity (Wildman–Crippen MR) is 124 cm³/mol. The summed E-state index contributed by atoms with van der Waals surface area (Å²) in [5.74, 6) is -1.89. The van der Waals surface area contributed by atoms with Crippen molar-refractivity contribution in [3.63, 3.8) is 0 Å². The Labute approximate surface area is 198 Å². The van der Waals surface area contributed by atoms with Crippen LogP contribution in [-0.4, -0.2) is 56.0 Å². The SMILES string of the molecule is CCC(C)(CNC(=O)OCC1c2ccccc2-c2ccccc21)C(=O)NOC(COC)C(=O)O. The highest BCUT2D eigenvalue weighted by Crippen LogP contribution is 2.44. The summed E-state index contributed by atoms with van der Waals surface area (Å²) >= 11 is 0. The molecule has 1 aliphatic carbocycles. The van der Waals surface area contributed by atoms with Gasteiger partial charge in [-0.25, -0.2) is 15.1 Å². The van der Waals surface area contributed by atoms with Gasteiger partial charge < -0.3 is 19.9 Å². The Kier molecular flexibility index (Phi) is 8.25. The molecule has 182 valence electrons. The molecule has 2 aromatic carbocycles. The van der Waals surface area contributed by atoms with Gasteiger partial charge >= 0.3 is 12.1 Å². The van der Waals surface area contributed by atoms with Crippen molar-refractivity contribution in [2.45, 2.75) is 32.3 Å². The van der Waals surface area contributed by atoms with E-state index in [1.54, 1.807) is 13.8 Å². The third-order valence-electron chi connectivity index (χ3n) is 6.18. The van der Waals surface area contributed by atoms with Crippen LogP contribution in [0.25, 0.3) is 11.1 Å². The van der Waals surface area contributed by atoms with Crippen LogP contribution < -0.4 is 10.8 Å². The second kappa shape index (κ2) is 11.1. The maximum Gasteiger partial charge on any atom is 0.407 e. The number of benzene rings is 2. The molecular weight excluding hydrogens is 440 g/mol. The highest BCUT2D eigenvalue weighted by Gasteiger charge is 2.34. The predicted octanol–water partition coefficient (Wildman–Crippen LogP) is 3.09. The van der Waals surface area contributed by atoms with Crippen molar-refractivity contribution in [1.82, 2.24) is 10.8 Å². The fourth-order valence-corrected chi connectivity index (χ4v) is 3.84. The van der Waals surface area contributed by atoms with E-state index in [4.69, 9.17) is 19.4 Å². The zero-order valence-electron chi connectivity index (χ0n) is 19.5. The quantitative estimate of drug-likeness (QED) is 0.431. The standard InChI is InChI=1S/C25H30N2O7/c1-4-25(2,23(30)27-34-21(14-32-3)22(28)29)15-26-24(31)33-13-20-18-11-7-5-9-16(18)17-10-6-8-12-19(17)20/h5-12,20-21H,4,13-15H2,1-3H3,(H,26,31)(H,27,30)(H,28,29). The van der Waals surface area contributed by atoms with Crippen molar-refractivity contribution in [2.24, 2.45) is 5.41 Å². The summed E-state index contributed by atoms with van der Waals surface area (Å²) in [5, 5.41) is 11.7. The number of amides is 2. The average molecular weight is 471 g/mol. The number of hydrogen-bond acceptors (Lipinski definition) is 6. The zero-order valence-corrected chi connectivity index (χ0v) is 19.5. The van der Waals surface area contributed by atoms with Crippen molar-refractivity contribution in [3.8, 4) is 11.1 Å². The molecule has 9 nitrogen and oxygen atoms in total. The Balaban J connectivity index is 1.55. The van der Waals surface area contributed by atoms with E-state index in [9.17, 15) is 14.4 Å². The first-order chi connectivity index (χ1) is 16.3.